The van der Waals surface area contributed by atoms with Crippen molar-refractivity contribution in [2.75, 3.05) is 0 Å². The van der Waals surface area contributed by atoms with E-state index in [0.29, 0.717) is 5.92 Å². The molecule has 0 amide bonds. The van der Waals surface area contributed by atoms with Crippen molar-refractivity contribution in [2.45, 2.75) is 19.8 Å². The highest BCUT2D eigenvalue weighted by molar-refractivity contribution is 14.1. The first-order valence-corrected chi connectivity index (χ1v) is 6.60. The van der Waals surface area contributed by atoms with Crippen molar-refractivity contribution >= 4 is 22.6 Å². The molecule has 0 aromatic heterocycles. The van der Waals surface area contributed by atoms with Crippen molar-refractivity contribution in [1.82, 2.24) is 0 Å². The lowest BCUT2D eigenvalue weighted by atomic mass is 9.98. The molecule has 0 saturated carbocycles. The summed E-state index contributed by atoms with van der Waals surface area (Å²) in [6.45, 7) is 4.46. The van der Waals surface area contributed by atoms with E-state index in [1.165, 1.54) is 20.3 Å². The van der Waals surface area contributed by atoms with E-state index in [1.54, 1.807) is 0 Å². The summed E-state index contributed by atoms with van der Waals surface area (Å²) in [5.41, 5.74) is 4.00. The van der Waals surface area contributed by atoms with Gasteiger partial charge in [-0.15, -0.1) is 0 Å². The van der Waals surface area contributed by atoms with E-state index in [2.05, 4.69) is 85.0 Å². The summed E-state index contributed by atoms with van der Waals surface area (Å²) in [6, 6.07) is 17.5. The minimum atomic E-state index is 0.587. The standard InChI is InChI=1S/C15H15I/c1-11(2)13-4-3-5-14(10-13)12-6-8-15(16)9-7-12/h3-11H,1-2H3. The van der Waals surface area contributed by atoms with E-state index in [9.17, 15) is 0 Å². The molecule has 0 unspecified atom stereocenters. The Morgan fingerprint density at radius 3 is 2.19 bits per heavy atom. The van der Waals surface area contributed by atoms with Gasteiger partial charge in [0.15, 0.2) is 0 Å². The third-order valence-electron chi connectivity index (χ3n) is 2.73. The van der Waals surface area contributed by atoms with E-state index < -0.39 is 0 Å². The average Bonchev–Trinajstić information content (AvgIpc) is 2.30. The van der Waals surface area contributed by atoms with Gasteiger partial charge in [0.1, 0.15) is 0 Å². The van der Waals surface area contributed by atoms with Gasteiger partial charge in [-0.05, 0) is 57.3 Å². The largest absolute Gasteiger partial charge is 0.0614 e. The summed E-state index contributed by atoms with van der Waals surface area (Å²) in [6.07, 6.45) is 0. The Morgan fingerprint density at radius 2 is 1.56 bits per heavy atom. The Labute approximate surface area is 111 Å². The van der Waals surface area contributed by atoms with Crippen LogP contribution in [0.5, 0.6) is 0 Å². The molecule has 0 aliphatic heterocycles. The van der Waals surface area contributed by atoms with Gasteiger partial charge in [0.05, 0.1) is 0 Å². The second-order valence-corrected chi connectivity index (χ2v) is 5.53. The number of hydrogen-bond acceptors (Lipinski definition) is 0. The minimum absolute atomic E-state index is 0.587. The Morgan fingerprint density at radius 1 is 0.875 bits per heavy atom. The molecule has 2 aromatic rings. The first-order chi connectivity index (χ1) is 7.66. The maximum Gasteiger partial charge on any atom is 0.0130 e. The van der Waals surface area contributed by atoms with Crippen LogP contribution in [0.25, 0.3) is 11.1 Å². The lowest BCUT2D eigenvalue weighted by molar-refractivity contribution is 0.867. The van der Waals surface area contributed by atoms with Crippen LogP contribution in [0.15, 0.2) is 48.5 Å². The van der Waals surface area contributed by atoms with E-state index in [1.807, 2.05) is 0 Å². The van der Waals surface area contributed by atoms with E-state index >= 15 is 0 Å². The monoisotopic (exact) mass is 322 g/mol. The molecule has 2 aromatic carbocycles. The zero-order chi connectivity index (χ0) is 11.5. The van der Waals surface area contributed by atoms with Crippen molar-refractivity contribution in [2.24, 2.45) is 0 Å². The number of halogens is 1. The molecule has 16 heavy (non-hydrogen) atoms. The van der Waals surface area contributed by atoms with Crippen LogP contribution in [-0.4, -0.2) is 0 Å². The number of hydrogen-bond donors (Lipinski definition) is 0. The maximum atomic E-state index is 2.33. The second kappa shape index (κ2) is 5.00. The molecule has 0 heterocycles. The summed E-state index contributed by atoms with van der Waals surface area (Å²) in [4.78, 5) is 0. The molecule has 0 bridgehead atoms. The molecule has 0 fully saturated rings. The highest BCUT2D eigenvalue weighted by atomic mass is 127. The van der Waals surface area contributed by atoms with Crippen LogP contribution in [0.4, 0.5) is 0 Å². The highest BCUT2D eigenvalue weighted by Crippen LogP contribution is 2.24. The third-order valence-corrected chi connectivity index (χ3v) is 3.45. The third kappa shape index (κ3) is 2.64. The van der Waals surface area contributed by atoms with Gasteiger partial charge >= 0.3 is 0 Å². The highest BCUT2D eigenvalue weighted by Gasteiger charge is 2.02. The molecule has 0 aliphatic rings. The van der Waals surface area contributed by atoms with Gasteiger partial charge in [0, 0.05) is 3.57 Å². The predicted molar refractivity (Wildman–Crippen MR) is 78.7 cm³/mol. The zero-order valence-corrected chi connectivity index (χ0v) is 11.7. The SMILES string of the molecule is CC(C)c1cccc(-c2ccc(I)cc2)c1. The van der Waals surface area contributed by atoms with Gasteiger partial charge in [-0.1, -0.05) is 50.2 Å². The van der Waals surface area contributed by atoms with Crippen LogP contribution in [0, 0.1) is 3.57 Å². The summed E-state index contributed by atoms with van der Waals surface area (Å²) < 4.78 is 1.28. The second-order valence-electron chi connectivity index (χ2n) is 4.29. The van der Waals surface area contributed by atoms with Crippen molar-refractivity contribution in [3.63, 3.8) is 0 Å². The minimum Gasteiger partial charge on any atom is -0.0614 e. The molecule has 0 atom stereocenters. The lowest BCUT2D eigenvalue weighted by Crippen LogP contribution is -1.87. The maximum absolute atomic E-state index is 2.33. The first kappa shape index (κ1) is 11.6. The Bertz CT molecular complexity index is 469. The molecule has 0 saturated heterocycles. The number of benzene rings is 2. The van der Waals surface area contributed by atoms with Crippen LogP contribution < -0.4 is 0 Å². The van der Waals surface area contributed by atoms with Crippen LogP contribution in [-0.2, 0) is 0 Å². The number of rotatable bonds is 2. The van der Waals surface area contributed by atoms with Gasteiger partial charge in [0.2, 0.25) is 0 Å². The quantitative estimate of drug-likeness (QED) is 0.676. The lowest BCUT2D eigenvalue weighted by Gasteiger charge is -2.08. The van der Waals surface area contributed by atoms with Crippen LogP contribution in [0.2, 0.25) is 0 Å². The van der Waals surface area contributed by atoms with Gasteiger partial charge in [-0.2, -0.15) is 0 Å². The molecule has 82 valence electrons. The summed E-state index contributed by atoms with van der Waals surface area (Å²) in [5.74, 6) is 0.587. The first-order valence-electron chi connectivity index (χ1n) is 5.53. The fraction of sp³-hybridized carbons (Fsp3) is 0.200. The van der Waals surface area contributed by atoms with E-state index in [4.69, 9.17) is 0 Å². The summed E-state index contributed by atoms with van der Waals surface area (Å²) in [5, 5.41) is 0. The van der Waals surface area contributed by atoms with Gasteiger partial charge in [-0.25, -0.2) is 0 Å². The Balaban J connectivity index is 2.40. The Kier molecular flexibility index (Phi) is 3.64. The van der Waals surface area contributed by atoms with Crippen LogP contribution in [0.1, 0.15) is 25.3 Å². The zero-order valence-electron chi connectivity index (χ0n) is 9.57. The van der Waals surface area contributed by atoms with Crippen molar-refractivity contribution < 1.29 is 0 Å². The normalized spacial score (nSPS) is 10.8. The smallest absolute Gasteiger partial charge is 0.0130 e. The topological polar surface area (TPSA) is 0 Å². The molecule has 0 radical (unpaired) electrons. The van der Waals surface area contributed by atoms with Gasteiger partial charge < -0.3 is 0 Å². The van der Waals surface area contributed by atoms with Crippen molar-refractivity contribution in [3.05, 3.63) is 57.7 Å². The molecule has 0 N–H and O–H groups in total. The summed E-state index contributed by atoms with van der Waals surface area (Å²) in [7, 11) is 0. The predicted octanol–water partition coefficient (Wildman–Crippen LogP) is 5.08. The molecule has 0 nitrogen and oxygen atoms in total. The molecule has 0 spiro atoms. The van der Waals surface area contributed by atoms with E-state index in [-0.39, 0.29) is 0 Å². The van der Waals surface area contributed by atoms with Gasteiger partial charge in [0.25, 0.3) is 0 Å². The average molecular weight is 322 g/mol. The summed E-state index contributed by atoms with van der Waals surface area (Å²) >= 11 is 2.33. The molecular weight excluding hydrogens is 307 g/mol. The fourth-order valence-electron chi connectivity index (χ4n) is 1.72. The molecular formula is C15H15I. The molecule has 0 aliphatic carbocycles. The molecule has 1 heteroatoms. The molecule has 2 rings (SSSR count). The Hall–Kier alpha value is -0.830. The van der Waals surface area contributed by atoms with E-state index in [0.717, 1.165) is 0 Å². The fourth-order valence-corrected chi connectivity index (χ4v) is 2.08. The van der Waals surface area contributed by atoms with Crippen LogP contribution in [0.3, 0.4) is 0 Å². The van der Waals surface area contributed by atoms with Crippen molar-refractivity contribution in [1.29, 1.82) is 0 Å². The van der Waals surface area contributed by atoms with Crippen LogP contribution >= 0.6 is 22.6 Å². The van der Waals surface area contributed by atoms with Crippen molar-refractivity contribution in [3.8, 4) is 11.1 Å². The van der Waals surface area contributed by atoms with Gasteiger partial charge in [-0.3, -0.25) is 0 Å².